The number of rotatable bonds is 5. The van der Waals surface area contributed by atoms with Crippen LogP contribution in [0.2, 0.25) is 0 Å². The summed E-state index contributed by atoms with van der Waals surface area (Å²) in [4.78, 5) is 2.63. The topological polar surface area (TPSA) is 15.3 Å². The Hall–Kier alpha value is -0.860. The fraction of sp³-hybridized carbons (Fsp3) is 0.625. The average molecular weight is 246 g/mol. The molecule has 0 amide bonds. The maximum absolute atomic E-state index is 3.62. The first-order chi connectivity index (χ1) is 8.63. The molecule has 1 aliphatic heterocycles. The molecule has 1 heterocycles. The van der Waals surface area contributed by atoms with E-state index in [4.69, 9.17) is 0 Å². The monoisotopic (exact) mass is 246 g/mol. The number of likely N-dealkylation sites (tertiary alicyclic amines) is 1. The Morgan fingerprint density at radius 1 is 1.28 bits per heavy atom. The van der Waals surface area contributed by atoms with E-state index in [1.165, 1.54) is 24.9 Å². The molecule has 2 rings (SSSR count). The van der Waals surface area contributed by atoms with Crippen LogP contribution in [0.25, 0.3) is 0 Å². The van der Waals surface area contributed by atoms with Crippen LogP contribution in [-0.4, -0.2) is 30.1 Å². The van der Waals surface area contributed by atoms with E-state index in [0.717, 1.165) is 13.1 Å². The lowest BCUT2D eigenvalue weighted by Gasteiger charge is -2.35. The molecule has 0 spiro atoms. The molecule has 2 heteroatoms. The number of likely N-dealkylation sites (N-methyl/N-ethyl adjacent to an activating group) is 1. The van der Waals surface area contributed by atoms with Crippen LogP contribution in [0.3, 0.4) is 0 Å². The molecular weight excluding hydrogens is 220 g/mol. The molecule has 1 fully saturated rings. The highest BCUT2D eigenvalue weighted by atomic mass is 15.2. The zero-order valence-corrected chi connectivity index (χ0v) is 11.9. The predicted octanol–water partition coefficient (Wildman–Crippen LogP) is 3.21. The van der Waals surface area contributed by atoms with Crippen molar-refractivity contribution in [3.8, 4) is 0 Å². The molecule has 0 bridgehead atoms. The first-order valence-electron chi connectivity index (χ1n) is 7.17. The van der Waals surface area contributed by atoms with Crippen LogP contribution in [0.15, 0.2) is 30.3 Å². The highest BCUT2D eigenvalue weighted by molar-refractivity contribution is 5.19. The van der Waals surface area contributed by atoms with Gasteiger partial charge in [-0.1, -0.05) is 37.3 Å². The summed E-state index contributed by atoms with van der Waals surface area (Å²) in [7, 11) is 0. The smallest absolute Gasteiger partial charge is 0.0449 e. The number of hydrogen-bond donors (Lipinski definition) is 1. The minimum atomic E-state index is 0.364. The van der Waals surface area contributed by atoms with Gasteiger partial charge in [0.25, 0.3) is 0 Å². The third-order valence-corrected chi connectivity index (χ3v) is 4.13. The molecule has 1 aliphatic rings. The Kier molecular flexibility index (Phi) is 4.41. The van der Waals surface area contributed by atoms with E-state index in [1.54, 1.807) is 0 Å². The van der Waals surface area contributed by atoms with Gasteiger partial charge in [0.15, 0.2) is 0 Å². The summed E-state index contributed by atoms with van der Waals surface area (Å²) in [5.41, 5.74) is 1.77. The maximum atomic E-state index is 3.62. The van der Waals surface area contributed by atoms with E-state index in [9.17, 15) is 0 Å². The molecule has 2 nitrogen and oxygen atoms in total. The summed E-state index contributed by atoms with van der Waals surface area (Å²) in [5.74, 6) is 0. The zero-order valence-electron chi connectivity index (χ0n) is 11.9. The van der Waals surface area contributed by atoms with Crippen molar-refractivity contribution in [3.05, 3.63) is 35.9 Å². The number of nitrogens with zero attached hydrogens (tertiary/aromatic N) is 1. The van der Waals surface area contributed by atoms with Gasteiger partial charge in [-0.05, 0) is 45.3 Å². The van der Waals surface area contributed by atoms with Crippen LogP contribution in [0.5, 0.6) is 0 Å². The highest BCUT2D eigenvalue weighted by Gasteiger charge is 2.33. The second kappa shape index (κ2) is 5.85. The van der Waals surface area contributed by atoms with E-state index in [1.807, 2.05) is 0 Å². The number of nitrogens with one attached hydrogen (secondary N) is 1. The van der Waals surface area contributed by atoms with Gasteiger partial charge in [-0.2, -0.15) is 0 Å². The van der Waals surface area contributed by atoms with E-state index in [-0.39, 0.29) is 0 Å². The lowest BCUT2D eigenvalue weighted by atomic mass is 10.00. The second-order valence-corrected chi connectivity index (χ2v) is 5.88. The lowest BCUT2D eigenvalue weighted by Crippen LogP contribution is -2.43. The van der Waals surface area contributed by atoms with E-state index in [0.29, 0.717) is 11.6 Å². The summed E-state index contributed by atoms with van der Waals surface area (Å²) in [6, 6.07) is 11.3. The first-order valence-corrected chi connectivity index (χ1v) is 7.17. The van der Waals surface area contributed by atoms with Gasteiger partial charge < -0.3 is 5.32 Å². The summed E-state index contributed by atoms with van der Waals surface area (Å²) >= 11 is 0. The minimum absolute atomic E-state index is 0.364. The van der Waals surface area contributed by atoms with E-state index < -0.39 is 0 Å². The predicted molar refractivity (Wildman–Crippen MR) is 77.7 cm³/mol. The maximum Gasteiger partial charge on any atom is 0.0449 e. The van der Waals surface area contributed by atoms with Crippen LogP contribution in [0, 0.1) is 0 Å². The van der Waals surface area contributed by atoms with Gasteiger partial charge in [0.1, 0.15) is 0 Å². The molecule has 1 aromatic carbocycles. The molecule has 1 N–H and O–H groups in total. The lowest BCUT2D eigenvalue weighted by molar-refractivity contribution is 0.157. The summed E-state index contributed by atoms with van der Waals surface area (Å²) in [5, 5.41) is 3.62. The molecule has 18 heavy (non-hydrogen) atoms. The molecule has 0 aromatic heterocycles. The Balaban J connectivity index is 2.07. The summed E-state index contributed by atoms with van der Waals surface area (Å²) in [6.07, 6.45) is 2.65. The van der Waals surface area contributed by atoms with Crippen molar-refractivity contribution >= 4 is 0 Å². The van der Waals surface area contributed by atoms with Crippen molar-refractivity contribution in [2.45, 2.75) is 45.2 Å². The molecular formula is C16H26N2. The van der Waals surface area contributed by atoms with Crippen molar-refractivity contribution in [3.63, 3.8) is 0 Å². The van der Waals surface area contributed by atoms with Crippen molar-refractivity contribution in [2.24, 2.45) is 0 Å². The van der Waals surface area contributed by atoms with Gasteiger partial charge in [-0.3, -0.25) is 4.90 Å². The molecule has 1 unspecified atom stereocenters. The van der Waals surface area contributed by atoms with Crippen LogP contribution >= 0.6 is 0 Å². The Bertz CT molecular complexity index is 359. The normalized spacial score (nSPS) is 21.1. The van der Waals surface area contributed by atoms with Crippen molar-refractivity contribution < 1.29 is 0 Å². The van der Waals surface area contributed by atoms with E-state index >= 15 is 0 Å². The van der Waals surface area contributed by atoms with Crippen molar-refractivity contribution in [2.75, 3.05) is 19.6 Å². The largest absolute Gasteiger partial charge is 0.309 e. The quantitative estimate of drug-likeness (QED) is 0.858. The van der Waals surface area contributed by atoms with E-state index in [2.05, 4.69) is 61.3 Å². The Morgan fingerprint density at radius 2 is 2.00 bits per heavy atom. The van der Waals surface area contributed by atoms with Crippen LogP contribution in [-0.2, 0) is 0 Å². The number of hydrogen-bond acceptors (Lipinski definition) is 2. The van der Waals surface area contributed by atoms with Gasteiger partial charge in [0.05, 0.1) is 0 Å². The second-order valence-electron chi connectivity index (χ2n) is 5.88. The fourth-order valence-corrected chi connectivity index (χ4v) is 2.94. The Morgan fingerprint density at radius 3 is 2.56 bits per heavy atom. The highest BCUT2D eigenvalue weighted by Crippen LogP contribution is 2.30. The summed E-state index contributed by atoms with van der Waals surface area (Å²) in [6.45, 7) is 10.3. The molecule has 0 saturated carbocycles. The SMILES string of the molecule is CCNC(CN1CCCC1(C)C)c1ccccc1. The van der Waals surface area contributed by atoms with Gasteiger partial charge in [0.2, 0.25) is 0 Å². The van der Waals surface area contributed by atoms with Gasteiger partial charge in [0, 0.05) is 18.1 Å². The average Bonchev–Trinajstić information content (AvgIpc) is 2.69. The van der Waals surface area contributed by atoms with Crippen LogP contribution in [0.4, 0.5) is 0 Å². The third kappa shape index (κ3) is 3.12. The standard InChI is InChI=1S/C16H26N2/c1-4-17-15(14-9-6-5-7-10-14)13-18-12-8-11-16(18,2)3/h5-7,9-10,15,17H,4,8,11-13H2,1-3H3. The molecule has 0 aliphatic carbocycles. The molecule has 100 valence electrons. The first kappa shape index (κ1) is 13.6. The molecule has 0 radical (unpaired) electrons. The van der Waals surface area contributed by atoms with Crippen LogP contribution < -0.4 is 5.32 Å². The van der Waals surface area contributed by atoms with Crippen molar-refractivity contribution in [1.29, 1.82) is 0 Å². The molecule has 1 saturated heterocycles. The molecule has 1 aromatic rings. The molecule has 1 atom stereocenters. The van der Waals surface area contributed by atoms with Crippen molar-refractivity contribution in [1.82, 2.24) is 10.2 Å². The summed E-state index contributed by atoms with van der Waals surface area (Å²) < 4.78 is 0. The van der Waals surface area contributed by atoms with Gasteiger partial charge >= 0.3 is 0 Å². The van der Waals surface area contributed by atoms with Gasteiger partial charge in [-0.25, -0.2) is 0 Å². The number of benzene rings is 1. The minimum Gasteiger partial charge on any atom is -0.309 e. The fourth-order valence-electron chi connectivity index (χ4n) is 2.94. The van der Waals surface area contributed by atoms with Gasteiger partial charge in [-0.15, -0.1) is 0 Å². The zero-order chi connectivity index (χ0) is 13.0. The third-order valence-electron chi connectivity index (χ3n) is 4.13. The Labute approximate surface area is 111 Å². The van der Waals surface area contributed by atoms with Crippen LogP contribution in [0.1, 0.15) is 45.2 Å².